The number of aryl methyl sites for hydroxylation is 1. The van der Waals surface area contributed by atoms with Gasteiger partial charge in [0, 0.05) is 32.6 Å². The molecule has 0 saturated carbocycles. The van der Waals surface area contributed by atoms with Crippen LogP contribution in [0.25, 0.3) is 6.08 Å². The van der Waals surface area contributed by atoms with Crippen LogP contribution in [-0.2, 0) is 9.53 Å². The first kappa shape index (κ1) is 16.7. The van der Waals surface area contributed by atoms with Crippen molar-refractivity contribution in [1.82, 2.24) is 15.1 Å². The van der Waals surface area contributed by atoms with Crippen LogP contribution in [0.5, 0.6) is 5.75 Å². The molecule has 0 radical (unpaired) electrons. The number of aromatic nitrogens is 2. The van der Waals surface area contributed by atoms with Gasteiger partial charge in [-0.15, -0.1) is 10.2 Å². The fourth-order valence-electron chi connectivity index (χ4n) is 3.33. The summed E-state index contributed by atoms with van der Waals surface area (Å²) in [6.07, 6.45) is 2.12. The lowest BCUT2D eigenvalue weighted by Crippen LogP contribution is -2.35. The molecule has 26 heavy (non-hydrogen) atoms. The van der Waals surface area contributed by atoms with Gasteiger partial charge >= 0.3 is 0 Å². The molecule has 1 aromatic carbocycles. The SMILES string of the molecule is CO[C@@H]1C[C@H](c2nnc(C)o2)N(C(=O)C2=Cc3cc(F)ccc3OC2)C1. The van der Waals surface area contributed by atoms with Crippen molar-refractivity contribution >= 4 is 12.0 Å². The first-order valence-corrected chi connectivity index (χ1v) is 8.32. The van der Waals surface area contributed by atoms with Gasteiger partial charge in [-0.05, 0) is 24.3 Å². The van der Waals surface area contributed by atoms with Crippen LogP contribution in [0.4, 0.5) is 4.39 Å². The van der Waals surface area contributed by atoms with Crippen LogP contribution in [0.3, 0.4) is 0 Å². The summed E-state index contributed by atoms with van der Waals surface area (Å²) < 4.78 is 30.0. The number of carbonyl (C=O) groups excluding carboxylic acids is 1. The number of benzene rings is 1. The Morgan fingerprint density at radius 1 is 1.38 bits per heavy atom. The Morgan fingerprint density at radius 3 is 2.96 bits per heavy atom. The van der Waals surface area contributed by atoms with Crippen molar-refractivity contribution in [3.8, 4) is 5.75 Å². The van der Waals surface area contributed by atoms with Crippen molar-refractivity contribution in [3.63, 3.8) is 0 Å². The van der Waals surface area contributed by atoms with Crippen LogP contribution in [0.1, 0.15) is 29.8 Å². The van der Waals surface area contributed by atoms with E-state index in [4.69, 9.17) is 13.9 Å². The Labute approximate surface area is 149 Å². The minimum Gasteiger partial charge on any atom is -0.488 e. The third-order valence-electron chi connectivity index (χ3n) is 4.64. The predicted octanol–water partition coefficient (Wildman–Crippen LogP) is 2.28. The van der Waals surface area contributed by atoms with Crippen molar-refractivity contribution in [1.29, 1.82) is 0 Å². The second kappa shape index (κ2) is 6.53. The molecule has 0 N–H and O–H groups in total. The molecule has 2 atom stereocenters. The van der Waals surface area contributed by atoms with Crippen LogP contribution in [0, 0.1) is 12.7 Å². The normalized spacial score (nSPS) is 22.0. The molecule has 4 rings (SSSR count). The van der Waals surface area contributed by atoms with E-state index in [0.717, 1.165) is 0 Å². The molecular weight excluding hydrogens is 341 g/mol. The highest BCUT2D eigenvalue weighted by Gasteiger charge is 2.40. The molecule has 1 saturated heterocycles. The fourth-order valence-corrected chi connectivity index (χ4v) is 3.33. The van der Waals surface area contributed by atoms with Crippen LogP contribution >= 0.6 is 0 Å². The maximum absolute atomic E-state index is 13.5. The lowest BCUT2D eigenvalue weighted by Gasteiger charge is -2.25. The molecule has 0 spiro atoms. The molecule has 2 aliphatic heterocycles. The van der Waals surface area contributed by atoms with E-state index >= 15 is 0 Å². The topological polar surface area (TPSA) is 77.7 Å². The number of nitrogens with zero attached hydrogens (tertiary/aromatic N) is 3. The molecule has 8 heteroatoms. The molecule has 0 bridgehead atoms. The smallest absolute Gasteiger partial charge is 0.254 e. The molecule has 1 amide bonds. The molecule has 2 aromatic rings. The maximum Gasteiger partial charge on any atom is 0.254 e. The summed E-state index contributed by atoms with van der Waals surface area (Å²) in [5.74, 6) is 0.803. The van der Waals surface area contributed by atoms with Crippen LogP contribution in [0.2, 0.25) is 0 Å². The Bertz CT molecular complexity index is 879. The molecule has 0 unspecified atom stereocenters. The van der Waals surface area contributed by atoms with E-state index in [0.29, 0.717) is 41.6 Å². The van der Waals surface area contributed by atoms with Gasteiger partial charge in [0.15, 0.2) is 0 Å². The molecule has 0 aliphatic carbocycles. The minimum atomic E-state index is -0.378. The zero-order valence-electron chi connectivity index (χ0n) is 14.4. The van der Waals surface area contributed by atoms with Gasteiger partial charge in [-0.3, -0.25) is 4.79 Å². The quantitative estimate of drug-likeness (QED) is 0.837. The average Bonchev–Trinajstić information content (AvgIpc) is 3.26. The summed E-state index contributed by atoms with van der Waals surface area (Å²) in [7, 11) is 1.61. The molecule has 7 nitrogen and oxygen atoms in total. The highest BCUT2D eigenvalue weighted by atomic mass is 19.1. The third kappa shape index (κ3) is 2.96. The Balaban J connectivity index is 1.63. The summed E-state index contributed by atoms with van der Waals surface area (Å²) in [5.41, 5.74) is 0.994. The number of hydrogen-bond acceptors (Lipinski definition) is 6. The molecule has 136 valence electrons. The van der Waals surface area contributed by atoms with E-state index in [9.17, 15) is 9.18 Å². The summed E-state index contributed by atoms with van der Waals surface area (Å²) in [4.78, 5) is 14.7. The number of fused-ring (bicyclic) bond motifs is 1. The van der Waals surface area contributed by atoms with Crippen molar-refractivity contribution in [2.24, 2.45) is 0 Å². The largest absolute Gasteiger partial charge is 0.488 e. The summed E-state index contributed by atoms with van der Waals surface area (Å²) >= 11 is 0. The molecule has 1 fully saturated rings. The third-order valence-corrected chi connectivity index (χ3v) is 4.64. The Hall–Kier alpha value is -2.74. The number of hydrogen-bond donors (Lipinski definition) is 0. The van der Waals surface area contributed by atoms with Crippen LogP contribution in [-0.4, -0.2) is 47.4 Å². The van der Waals surface area contributed by atoms with E-state index in [-0.39, 0.29) is 30.5 Å². The maximum atomic E-state index is 13.5. The standard InChI is InChI=1S/C18H18FN3O4/c1-10-20-21-17(26-10)15-7-14(24-2)8-22(15)18(23)12-5-11-6-13(19)3-4-16(11)25-9-12/h3-6,14-15H,7-9H2,1-2H3/t14-,15-/m1/s1. The van der Waals surface area contributed by atoms with E-state index in [2.05, 4.69) is 10.2 Å². The first-order valence-electron chi connectivity index (χ1n) is 8.32. The van der Waals surface area contributed by atoms with Crippen molar-refractivity contribution in [2.45, 2.75) is 25.5 Å². The summed E-state index contributed by atoms with van der Waals surface area (Å²) in [6.45, 7) is 2.24. The van der Waals surface area contributed by atoms with Crippen molar-refractivity contribution in [3.05, 3.63) is 46.9 Å². The van der Waals surface area contributed by atoms with Crippen molar-refractivity contribution < 1.29 is 23.1 Å². The number of methoxy groups -OCH3 is 1. The molecule has 2 aliphatic rings. The summed E-state index contributed by atoms with van der Waals surface area (Å²) in [6, 6.07) is 3.88. The number of halogens is 1. The highest BCUT2D eigenvalue weighted by molar-refractivity contribution is 5.99. The van der Waals surface area contributed by atoms with Crippen LogP contribution in [0.15, 0.2) is 28.2 Å². The van der Waals surface area contributed by atoms with Crippen LogP contribution < -0.4 is 4.74 Å². The van der Waals surface area contributed by atoms with Gasteiger partial charge in [-0.1, -0.05) is 0 Å². The highest BCUT2D eigenvalue weighted by Crippen LogP contribution is 2.35. The lowest BCUT2D eigenvalue weighted by atomic mass is 10.1. The Morgan fingerprint density at radius 2 is 2.23 bits per heavy atom. The van der Waals surface area contributed by atoms with Gasteiger partial charge in [0.2, 0.25) is 11.8 Å². The van der Waals surface area contributed by atoms with E-state index in [1.165, 1.54) is 12.1 Å². The average molecular weight is 359 g/mol. The van der Waals surface area contributed by atoms with E-state index in [1.54, 1.807) is 31.1 Å². The zero-order chi connectivity index (χ0) is 18.3. The first-order chi connectivity index (χ1) is 12.5. The number of carbonyl (C=O) groups is 1. The minimum absolute atomic E-state index is 0.119. The lowest BCUT2D eigenvalue weighted by molar-refractivity contribution is -0.129. The predicted molar refractivity (Wildman–Crippen MR) is 88.8 cm³/mol. The fraction of sp³-hybridized carbons (Fsp3) is 0.389. The van der Waals surface area contributed by atoms with Gasteiger partial charge in [0.1, 0.15) is 24.2 Å². The molecular formula is C18H18FN3O4. The molecule has 3 heterocycles. The van der Waals surface area contributed by atoms with Crippen molar-refractivity contribution in [2.75, 3.05) is 20.3 Å². The van der Waals surface area contributed by atoms with Gasteiger partial charge in [-0.2, -0.15) is 0 Å². The Kier molecular flexibility index (Phi) is 4.20. The zero-order valence-corrected chi connectivity index (χ0v) is 14.4. The van der Waals surface area contributed by atoms with E-state index < -0.39 is 0 Å². The number of likely N-dealkylation sites (tertiary alicyclic amines) is 1. The van der Waals surface area contributed by atoms with Gasteiger partial charge in [0.05, 0.1) is 11.7 Å². The monoisotopic (exact) mass is 359 g/mol. The van der Waals surface area contributed by atoms with Gasteiger partial charge in [-0.25, -0.2) is 4.39 Å². The number of amides is 1. The number of ether oxygens (including phenoxy) is 2. The van der Waals surface area contributed by atoms with Gasteiger partial charge < -0.3 is 18.8 Å². The second-order valence-electron chi connectivity index (χ2n) is 6.37. The second-order valence-corrected chi connectivity index (χ2v) is 6.37. The van der Waals surface area contributed by atoms with Gasteiger partial charge in [0.25, 0.3) is 5.91 Å². The van der Waals surface area contributed by atoms with E-state index in [1.807, 2.05) is 0 Å². The summed E-state index contributed by atoms with van der Waals surface area (Å²) in [5, 5.41) is 7.91. The molecule has 1 aromatic heterocycles. The number of rotatable bonds is 3.